The Hall–Kier alpha value is -2.64. The predicted octanol–water partition coefficient (Wildman–Crippen LogP) is 0.534. The number of fused-ring (bicyclic) bond motifs is 1. The number of hydrogen-bond donors (Lipinski definition) is 1. The average molecular weight is 293 g/mol. The lowest BCUT2D eigenvalue weighted by molar-refractivity contribution is -0.782. The molecular weight excluding hydrogens is 278 g/mol. The van der Waals surface area contributed by atoms with Gasteiger partial charge in [-0.15, -0.1) is 0 Å². The lowest BCUT2D eigenvalue weighted by atomic mass is 10.2. The van der Waals surface area contributed by atoms with E-state index in [0.29, 0.717) is 0 Å². The molecule has 0 aliphatic carbocycles. The van der Waals surface area contributed by atoms with Gasteiger partial charge < -0.3 is 15.3 Å². The Morgan fingerprint density at radius 1 is 1.57 bits per heavy atom. The van der Waals surface area contributed by atoms with Crippen LogP contribution in [0.3, 0.4) is 0 Å². The molecule has 0 spiro atoms. The lowest BCUT2D eigenvalue weighted by Gasteiger charge is -1.98. The number of nitrogens with one attached hydrogen (secondary N) is 1. The van der Waals surface area contributed by atoms with Crippen LogP contribution in [0.2, 0.25) is 0 Å². The van der Waals surface area contributed by atoms with Crippen LogP contribution in [0, 0.1) is 5.21 Å². The van der Waals surface area contributed by atoms with Crippen molar-refractivity contribution in [2.75, 3.05) is 13.2 Å². The number of hydrogen-bond acceptors (Lipinski definition) is 6. The fourth-order valence-electron chi connectivity index (χ4n) is 1.84. The Labute approximate surface area is 120 Å². The molecule has 1 fully saturated rings. The summed E-state index contributed by atoms with van der Waals surface area (Å²) in [5.74, 6) is -0.313. The molecule has 1 aliphatic heterocycles. The first-order chi connectivity index (χ1) is 10.1. The summed E-state index contributed by atoms with van der Waals surface area (Å²) < 4.78 is 9.20. The van der Waals surface area contributed by atoms with Crippen molar-refractivity contribution in [3.05, 3.63) is 29.0 Å². The number of carbonyl (C=O) groups excluding carboxylic acids is 2. The molecule has 0 saturated carbocycles. The molecule has 1 amide bonds. The Balaban J connectivity index is 0.000000225. The Morgan fingerprint density at radius 2 is 2.38 bits per heavy atom. The quantitative estimate of drug-likeness (QED) is 0.639. The highest BCUT2D eigenvalue weighted by atomic mass is 16.8. The van der Waals surface area contributed by atoms with Crippen molar-refractivity contribution in [1.82, 2.24) is 10.5 Å². The fraction of sp³-hybridized carbons (Fsp3) is 0.385. The largest absolute Gasteiger partial charge is 0.462 e. The zero-order chi connectivity index (χ0) is 15.2. The van der Waals surface area contributed by atoms with Crippen LogP contribution in [-0.2, 0) is 9.53 Å². The monoisotopic (exact) mass is 293 g/mol. The van der Waals surface area contributed by atoms with Crippen molar-refractivity contribution >= 4 is 22.9 Å². The first-order valence-corrected chi connectivity index (χ1v) is 6.55. The van der Waals surface area contributed by atoms with Crippen LogP contribution in [0.1, 0.15) is 30.1 Å². The van der Waals surface area contributed by atoms with E-state index < -0.39 is 5.97 Å². The summed E-state index contributed by atoms with van der Waals surface area (Å²) in [6.07, 6.45) is 1.76. The summed E-state index contributed by atoms with van der Waals surface area (Å²) in [4.78, 5) is 21.8. The van der Waals surface area contributed by atoms with Crippen molar-refractivity contribution in [2.45, 2.75) is 19.8 Å². The van der Waals surface area contributed by atoms with Gasteiger partial charge in [0.25, 0.3) is 5.52 Å². The third-order valence-electron chi connectivity index (χ3n) is 2.82. The summed E-state index contributed by atoms with van der Waals surface area (Å²) in [6, 6.07) is 4.62. The molecule has 0 atom stereocenters. The maximum Gasteiger partial charge on any atom is 0.342 e. The van der Waals surface area contributed by atoms with Gasteiger partial charge in [-0.1, -0.05) is 6.07 Å². The lowest BCUT2D eigenvalue weighted by Crippen LogP contribution is -2.22. The average Bonchev–Trinajstić information content (AvgIpc) is 3.09. The third-order valence-corrected chi connectivity index (χ3v) is 2.82. The third kappa shape index (κ3) is 3.47. The van der Waals surface area contributed by atoms with E-state index in [1.165, 1.54) is 12.1 Å². The molecule has 112 valence electrons. The van der Waals surface area contributed by atoms with Crippen molar-refractivity contribution in [3.8, 4) is 0 Å². The topological polar surface area (TPSA) is 108 Å². The van der Waals surface area contributed by atoms with Gasteiger partial charge in [0.1, 0.15) is 5.56 Å². The van der Waals surface area contributed by atoms with Crippen LogP contribution in [0.5, 0.6) is 0 Å². The molecule has 8 nitrogen and oxygen atoms in total. The highest BCUT2D eigenvalue weighted by molar-refractivity contribution is 6.00. The van der Waals surface area contributed by atoms with E-state index in [1.807, 2.05) is 0 Å². The molecule has 21 heavy (non-hydrogen) atoms. The summed E-state index contributed by atoms with van der Waals surface area (Å²) in [6.45, 7) is 2.86. The number of benzene rings is 1. The molecule has 8 heteroatoms. The maximum absolute atomic E-state index is 11.5. The van der Waals surface area contributed by atoms with E-state index in [0.717, 1.165) is 19.4 Å². The van der Waals surface area contributed by atoms with Gasteiger partial charge in [0.15, 0.2) is 0 Å². The molecule has 3 rings (SSSR count). The summed E-state index contributed by atoms with van der Waals surface area (Å²) in [5.41, 5.74) is 0.652. The van der Waals surface area contributed by atoms with Crippen LogP contribution in [-0.4, -0.2) is 30.2 Å². The smallest absolute Gasteiger partial charge is 0.342 e. The Kier molecular flexibility index (Phi) is 4.70. The molecule has 1 aromatic carbocycles. The van der Waals surface area contributed by atoms with Gasteiger partial charge in [-0.25, -0.2) is 4.79 Å². The first-order valence-electron chi connectivity index (χ1n) is 6.55. The normalized spacial score (nSPS) is 13.5. The second-order valence-electron chi connectivity index (χ2n) is 4.28. The zero-order valence-corrected chi connectivity index (χ0v) is 11.5. The van der Waals surface area contributed by atoms with Gasteiger partial charge in [0.05, 0.1) is 6.61 Å². The molecule has 0 bridgehead atoms. The number of ether oxygens (including phenoxy) is 1. The van der Waals surface area contributed by atoms with Crippen LogP contribution in [0.4, 0.5) is 0 Å². The number of rotatable bonds is 2. The second kappa shape index (κ2) is 6.69. The Bertz CT molecular complexity index is 644. The molecule has 1 aliphatic rings. The van der Waals surface area contributed by atoms with E-state index in [2.05, 4.69) is 15.1 Å². The first kappa shape index (κ1) is 14.8. The van der Waals surface area contributed by atoms with Crippen molar-refractivity contribution in [1.29, 1.82) is 0 Å². The van der Waals surface area contributed by atoms with Gasteiger partial charge in [0.2, 0.25) is 11.4 Å². The SMILES string of the molecule is CCOC(=O)c1cccc2c1no[n+]2[O-].O=C1CCCN1. The van der Waals surface area contributed by atoms with Crippen molar-refractivity contribution in [2.24, 2.45) is 0 Å². The number of nitrogens with zero attached hydrogens (tertiary/aromatic N) is 2. The number of carbonyl (C=O) groups is 2. The van der Waals surface area contributed by atoms with E-state index in [4.69, 9.17) is 4.74 Å². The van der Waals surface area contributed by atoms with E-state index >= 15 is 0 Å². The minimum atomic E-state index is -0.517. The standard InChI is InChI=1S/C9H8N2O4.C4H7NO/c1-2-14-9(12)6-4-3-5-7-8(6)10-15-11(7)13;6-4-2-1-3-5-4/h3-5H,2H2,1H3;1-3H2,(H,5,6). The van der Waals surface area contributed by atoms with E-state index in [1.54, 1.807) is 13.0 Å². The van der Waals surface area contributed by atoms with Gasteiger partial charge >= 0.3 is 5.97 Å². The molecule has 1 aromatic heterocycles. The molecular formula is C13H15N3O5. The van der Waals surface area contributed by atoms with Gasteiger partial charge in [0, 0.05) is 18.1 Å². The molecule has 1 N–H and O–H groups in total. The molecule has 1 saturated heterocycles. The second-order valence-corrected chi connectivity index (χ2v) is 4.28. The molecule has 2 heterocycles. The van der Waals surface area contributed by atoms with Crippen molar-refractivity contribution in [3.63, 3.8) is 0 Å². The summed E-state index contributed by atoms with van der Waals surface area (Å²) in [7, 11) is 0. The maximum atomic E-state index is 11.5. The highest BCUT2D eigenvalue weighted by Crippen LogP contribution is 2.14. The summed E-state index contributed by atoms with van der Waals surface area (Å²) in [5, 5.41) is 17.2. The fourth-order valence-corrected chi connectivity index (χ4v) is 1.84. The zero-order valence-electron chi connectivity index (χ0n) is 11.5. The van der Waals surface area contributed by atoms with Crippen LogP contribution >= 0.6 is 0 Å². The van der Waals surface area contributed by atoms with Crippen molar-refractivity contribution < 1.29 is 23.9 Å². The number of amides is 1. The highest BCUT2D eigenvalue weighted by Gasteiger charge is 2.19. The van der Waals surface area contributed by atoms with Crippen LogP contribution < -0.4 is 10.2 Å². The Morgan fingerprint density at radius 3 is 2.95 bits per heavy atom. The van der Waals surface area contributed by atoms with Crippen LogP contribution in [0.25, 0.3) is 11.0 Å². The number of aromatic nitrogens is 2. The van der Waals surface area contributed by atoms with E-state index in [9.17, 15) is 14.8 Å². The minimum absolute atomic E-state index is 0.204. The van der Waals surface area contributed by atoms with Gasteiger partial charge in [-0.05, 0) is 30.4 Å². The van der Waals surface area contributed by atoms with Crippen LogP contribution in [0.15, 0.2) is 22.8 Å². The molecule has 2 aromatic rings. The predicted molar refractivity (Wildman–Crippen MR) is 71.2 cm³/mol. The van der Waals surface area contributed by atoms with Gasteiger partial charge in [-0.3, -0.25) is 9.42 Å². The van der Waals surface area contributed by atoms with E-state index in [-0.39, 0.29) is 34.0 Å². The molecule has 0 radical (unpaired) electrons. The molecule has 0 unspecified atom stereocenters. The van der Waals surface area contributed by atoms with Gasteiger partial charge in [-0.2, -0.15) is 0 Å². The summed E-state index contributed by atoms with van der Waals surface area (Å²) >= 11 is 0. The minimum Gasteiger partial charge on any atom is -0.462 e. The number of esters is 1.